The van der Waals surface area contributed by atoms with Gasteiger partial charge in [-0.15, -0.1) is 0 Å². The molecule has 2 rings (SSSR count). The molecule has 0 aliphatic heterocycles. The molecule has 0 fully saturated rings. The molecule has 0 aliphatic carbocycles. The van der Waals surface area contributed by atoms with E-state index < -0.39 is 5.82 Å². The van der Waals surface area contributed by atoms with E-state index in [1.807, 2.05) is 19.1 Å². The average Bonchev–Trinajstić information content (AvgIpc) is 2.37. The maximum atomic E-state index is 13.5. The number of halogens is 4. The normalized spacial score (nSPS) is 12.3. The molecule has 2 nitrogen and oxygen atoms in total. The molecular weight excluding hydrogens is 412 g/mol. The van der Waals surface area contributed by atoms with Crippen LogP contribution in [0.5, 0.6) is 11.5 Å². The number of nitrogens with two attached hydrogens (primary N) is 1. The molecule has 0 aromatic heterocycles. The van der Waals surface area contributed by atoms with E-state index in [-0.39, 0.29) is 11.1 Å². The first-order chi connectivity index (χ1) is 9.38. The van der Waals surface area contributed by atoms with E-state index in [9.17, 15) is 4.39 Å². The van der Waals surface area contributed by atoms with Gasteiger partial charge < -0.3 is 10.5 Å². The Labute approximate surface area is 138 Å². The van der Waals surface area contributed by atoms with Crippen LogP contribution in [0.2, 0.25) is 5.02 Å². The smallest absolute Gasteiger partial charge is 0.145 e. The number of ether oxygens (including phenoxy) is 1. The molecule has 0 bridgehead atoms. The van der Waals surface area contributed by atoms with Crippen molar-refractivity contribution in [1.82, 2.24) is 0 Å². The van der Waals surface area contributed by atoms with E-state index in [1.165, 1.54) is 12.1 Å². The fourth-order valence-electron chi connectivity index (χ4n) is 1.58. The summed E-state index contributed by atoms with van der Waals surface area (Å²) in [6.07, 6.45) is 0. The molecule has 20 heavy (non-hydrogen) atoms. The number of benzene rings is 2. The van der Waals surface area contributed by atoms with Gasteiger partial charge in [-0.2, -0.15) is 0 Å². The Morgan fingerprint density at radius 1 is 1.15 bits per heavy atom. The summed E-state index contributed by atoms with van der Waals surface area (Å²) in [6.45, 7) is 1.90. The van der Waals surface area contributed by atoms with Gasteiger partial charge in [0.15, 0.2) is 0 Å². The van der Waals surface area contributed by atoms with Crippen LogP contribution < -0.4 is 10.5 Å². The zero-order valence-corrected chi connectivity index (χ0v) is 14.4. The molecule has 2 aromatic rings. The van der Waals surface area contributed by atoms with Crippen molar-refractivity contribution in [2.75, 3.05) is 0 Å². The van der Waals surface area contributed by atoms with Crippen LogP contribution in [0.3, 0.4) is 0 Å². The predicted octanol–water partition coefficient (Wildman–Crippen LogP) is 5.82. The third-order valence-corrected chi connectivity index (χ3v) is 4.21. The molecule has 106 valence electrons. The highest BCUT2D eigenvalue weighted by molar-refractivity contribution is 9.11. The highest BCUT2D eigenvalue weighted by atomic mass is 79.9. The van der Waals surface area contributed by atoms with Crippen LogP contribution in [0.15, 0.2) is 39.3 Å². The fraction of sp³-hybridized carbons (Fsp3) is 0.143. The third kappa shape index (κ3) is 3.52. The van der Waals surface area contributed by atoms with Crippen molar-refractivity contribution < 1.29 is 9.13 Å². The van der Waals surface area contributed by atoms with Crippen LogP contribution in [0.4, 0.5) is 4.39 Å². The SMILES string of the molecule is C[C@@H](N)c1ccc(Oc2cc(F)c(Cl)cc2Br)c(Br)c1. The van der Waals surface area contributed by atoms with Crippen LogP contribution >= 0.6 is 43.5 Å². The molecule has 1 atom stereocenters. The summed E-state index contributed by atoms with van der Waals surface area (Å²) in [4.78, 5) is 0. The molecule has 0 unspecified atom stereocenters. The molecule has 0 aliphatic rings. The molecule has 2 N–H and O–H groups in total. The van der Waals surface area contributed by atoms with Crippen LogP contribution in [-0.2, 0) is 0 Å². The fourth-order valence-corrected chi connectivity index (χ4v) is 2.78. The Morgan fingerprint density at radius 3 is 2.40 bits per heavy atom. The third-order valence-electron chi connectivity index (χ3n) is 2.68. The molecule has 0 saturated carbocycles. The number of hydrogen-bond donors (Lipinski definition) is 1. The Kier molecular flexibility index (Phi) is 5.07. The van der Waals surface area contributed by atoms with Gasteiger partial charge in [-0.25, -0.2) is 4.39 Å². The van der Waals surface area contributed by atoms with E-state index in [2.05, 4.69) is 31.9 Å². The van der Waals surface area contributed by atoms with Gasteiger partial charge in [-0.3, -0.25) is 0 Å². The lowest BCUT2D eigenvalue weighted by atomic mass is 10.1. The van der Waals surface area contributed by atoms with Crippen molar-refractivity contribution in [2.45, 2.75) is 13.0 Å². The van der Waals surface area contributed by atoms with Gasteiger partial charge in [-0.1, -0.05) is 17.7 Å². The highest BCUT2D eigenvalue weighted by Gasteiger charge is 2.11. The molecular formula is C14H11Br2ClFNO. The van der Waals surface area contributed by atoms with E-state index in [4.69, 9.17) is 22.1 Å². The van der Waals surface area contributed by atoms with E-state index in [0.29, 0.717) is 16.0 Å². The second-order valence-electron chi connectivity index (χ2n) is 4.28. The van der Waals surface area contributed by atoms with Gasteiger partial charge in [-0.05, 0) is 62.5 Å². The minimum atomic E-state index is -0.534. The van der Waals surface area contributed by atoms with Crippen molar-refractivity contribution in [2.24, 2.45) is 5.73 Å². The van der Waals surface area contributed by atoms with Crippen LogP contribution in [0.1, 0.15) is 18.5 Å². The quantitative estimate of drug-likeness (QED) is 0.632. The van der Waals surface area contributed by atoms with Crippen LogP contribution in [-0.4, -0.2) is 0 Å². The first kappa shape index (κ1) is 15.8. The van der Waals surface area contributed by atoms with Crippen LogP contribution in [0, 0.1) is 5.82 Å². The summed E-state index contributed by atoms with van der Waals surface area (Å²) < 4.78 is 20.5. The Hall–Kier alpha value is -0.620. The summed E-state index contributed by atoms with van der Waals surface area (Å²) >= 11 is 12.4. The molecule has 0 heterocycles. The van der Waals surface area contributed by atoms with Gasteiger partial charge in [0, 0.05) is 12.1 Å². The first-order valence-electron chi connectivity index (χ1n) is 5.76. The molecule has 0 radical (unpaired) electrons. The lowest BCUT2D eigenvalue weighted by Crippen LogP contribution is -2.04. The standard InChI is InChI=1S/C14H11Br2ClFNO/c1-7(19)8-2-3-13(9(15)4-8)20-14-6-12(18)11(17)5-10(14)16/h2-7H,19H2,1H3/t7-/m1/s1. The van der Waals surface area contributed by atoms with Crippen molar-refractivity contribution in [3.8, 4) is 11.5 Å². The zero-order chi connectivity index (χ0) is 14.9. The Balaban J connectivity index is 2.33. The van der Waals surface area contributed by atoms with Gasteiger partial charge in [0.05, 0.1) is 14.0 Å². The minimum absolute atomic E-state index is 0.0376. The highest BCUT2D eigenvalue weighted by Crippen LogP contribution is 2.37. The second-order valence-corrected chi connectivity index (χ2v) is 6.39. The van der Waals surface area contributed by atoms with Gasteiger partial charge in [0.25, 0.3) is 0 Å². The maximum absolute atomic E-state index is 13.5. The summed E-state index contributed by atoms with van der Waals surface area (Å²) in [7, 11) is 0. The molecule has 6 heteroatoms. The average molecular weight is 424 g/mol. The zero-order valence-electron chi connectivity index (χ0n) is 10.5. The topological polar surface area (TPSA) is 35.2 Å². The lowest BCUT2D eigenvalue weighted by molar-refractivity contribution is 0.470. The monoisotopic (exact) mass is 421 g/mol. The minimum Gasteiger partial charge on any atom is -0.455 e. The maximum Gasteiger partial charge on any atom is 0.145 e. The Bertz CT molecular complexity index is 649. The van der Waals surface area contributed by atoms with Gasteiger partial charge in [0.2, 0.25) is 0 Å². The summed E-state index contributed by atoms with van der Waals surface area (Å²) in [5.41, 5.74) is 6.79. The van der Waals surface area contributed by atoms with Crippen molar-refractivity contribution in [3.05, 3.63) is 55.7 Å². The molecule has 0 amide bonds. The lowest BCUT2D eigenvalue weighted by Gasteiger charge is -2.12. The van der Waals surface area contributed by atoms with E-state index in [1.54, 1.807) is 6.07 Å². The first-order valence-corrected chi connectivity index (χ1v) is 7.72. The van der Waals surface area contributed by atoms with E-state index in [0.717, 1.165) is 10.0 Å². The number of hydrogen-bond acceptors (Lipinski definition) is 2. The summed E-state index contributed by atoms with van der Waals surface area (Å²) in [5.74, 6) is 0.381. The Morgan fingerprint density at radius 2 is 1.80 bits per heavy atom. The van der Waals surface area contributed by atoms with Crippen LogP contribution in [0.25, 0.3) is 0 Å². The van der Waals surface area contributed by atoms with Gasteiger partial charge in [0.1, 0.15) is 17.3 Å². The van der Waals surface area contributed by atoms with Crippen molar-refractivity contribution in [1.29, 1.82) is 0 Å². The van der Waals surface area contributed by atoms with Crippen molar-refractivity contribution in [3.63, 3.8) is 0 Å². The molecule has 0 spiro atoms. The second kappa shape index (κ2) is 6.43. The largest absolute Gasteiger partial charge is 0.455 e. The number of rotatable bonds is 3. The molecule has 0 saturated heterocycles. The van der Waals surface area contributed by atoms with Gasteiger partial charge >= 0.3 is 0 Å². The predicted molar refractivity (Wildman–Crippen MR) is 85.9 cm³/mol. The molecule has 2 aromatic carbocycles. The van der Waals surface area contributed by atoms with E-state index >= 15 is 0 Å². The summed E-state index contributed by atoms with van der Waals surface area (Å²) in [6, 6.07) is 8.14. The summed E-state index contributed by atoms with van der Waals surface area (Å²) in [5, 5.41) is 0.0376. The van der Waals surface area contributed by atoms with Crippen molar-refractivity contribution >= 4 is 43.5 Å².